The number of likely N-dealkylation sites (tertiary alicyclic amines) is 1. The van der Waals surface area contributed by atoms with E-state index in [9.17, 15) is 0 Å². The third-order valence-electron chi connectivity index (χ3n) is 6.18. The number of hydrogen-bond donors (Lipinski definition) is 1. The van der Waals surface area contributed by atoms with Gasteiger partial charge in [-0.3, -0.25) is 4.90 Å². The van der Waals surface area contributed by atoms with Crippen molar-refractivity contribution in [1.82, 2.24) is 10.2 Å². The molecule has 2 heteroatoms. The van der Waals surface area contributed by atoms with E-state index in [-0.39, 0.29) is 0 Å². The van der Waals surface area contributed by atoms with Crippen LogP contribution in [0.1, 0.15) is 73.1 Å². The summed E-state index contributed by atoms with van der Waals surface area (Å²) in [7, 11) is 0. The fourth-order valence-electron chi connectivity index (χ4n) is 4.92. The molecule has 0 aromatic heterocycles. The molecule has 0 spiro atoms. The summed E-state index contributed by atoms with van der Waals surface area (Å²) >= 11 is 0. The largest absolute Gasteiger partial charge is 0.314 e. The van der Waals surface area contributed by atoms with Crippen molar-refractivity contribution in [1.29, 1.82) is 0 Å². The maximum Gasteiger partial charge on any atom is 0.0113 e. The highest BCUT2D eigenvalue weighted by molar-refractivity contribution is 4.93. The molecule has 1 saturated heterocycles. The molecule has 1 aliphatic heterocycles. The van der Waals surface area contributed by atoms with Crippen LogP contribution in [0.4, 0.5) is 0 Å². The molecule has 21 heavy (non-hydrogen) atoms. The fraction of sp³-hybridized carbons (Fsp3) is 1.00. The van der Waals surface area contributed by atoms with Crippen molar-refractivity contribution in [3.05, 3.63) is 0 Å². The molecule has 6 atom stereocenters. The Morgan fingerprint density at radius 2 is 1.81 bits per heavy atom. The van der Waals surface area contributed by atoms with Crippen molar-refractivity contribution in [2.45, 2.75) is 91.3 Å². The lowest BCUT2D eigenvalue weighted by Gasteiger charge is -2.43. The minimum Gasteiger partial charge on any atom is -0.314 e. The summed E-state index contributed by atoms with van der Waals surface area (Å²) in [6, 6.07) is 2.39. The van der Waals surface area contributed by atoms with E-state index in [0.717, 1.165) is 35.9 Å². The van der Waals surface area contributed by atoms with Gasteiger partial charge < -0.3 is 5.32 Å². The summed E-state index contributed by atoms with van der Waals surface area (Å²) in [4.78, 5) is 2.85. The Morgan fingerprint density at radius 1 is 1.05 bits per heavy atom. The zero-order valence-electron chi connectivity index (χ0n) is 15.1. The third kappa shape index (κ3) is 4.22. The van der Waals surface area contributed by atoms with Crippen LogP contribution < -0.4 is 5.32 Å². The molecular weight excluding hydrogens is 256 g/mol. The van der Waals surface area contributed by atoms with Gasteiger partial charge in [0.15, 0.2) is 0 Å². The Hall–Kier alpha value is -0.0800. The van der Waals surface area contributed by atoms with Crippen LogP contribution in [0.5, 0.6) is 0 Å². The fourth-order valence-corrected chi connectivity index (χ4v) is 4.92. The van der Waals surface area contributed by atoms with Crippen LogP contribution in [-0.4, -0.2) is 36.1 Å². The monoisotopic (exact) mass is 294 g/mol. The number of rotatable bonds is 6. The molecular formula is C19H38N2. The maximum atomic E-state index is 3.88. The SMILES string of the molecule is CCCNC1CC(C)CC(C)C1CN1C(C)CCC1CC. The van der Waals surface area contributed by atoms with E-state index in [1.54, 1.807) is 0 Å². The van der Waals surface area contributed by atoms with Gasteiger partial charge in [-0.1, -0.05) is 27.7 Å². The van der Waals surface area contributed by atoms with Gasteiger partial charge in [-0.05, 0) is 69.7 Å². The van der Waals surface area contributed by atoms with E-state index >= 15 is 0 Å². The van der Waals surface area contributed by atoms with Crippen LogP contribution in [0, 0.1) is 17.8 Å². The lowest BCUT2D eigenvalue weighted by Crippen LogP contribution is -2.51. The summed E-state index contributed by atoms with van der Waals surface area (Å²) in [5.74, 6) is 2.61. The van der Waals surface area contributed by atoms with Crippen molar-refractivity contribution in [2.24, 2.45) is 17.8 Å². The molecule has 124 valence electrons. The van der Waals surface area contributed by atoms with Gasteiger partial charge in [0.25, 0.3) is 0 Å². The average molecular weight is 295 g/mol. The van der Waals surface area contributed by atoms with Crippen molar-refractivity contribution in [3.63, 3.8) is 0 Å². The van der Waals surface area contributed by atoms with E-state index in [1.165, 1.54) is 51.6 Å². The highest BCUT2D eigenvalue weighted by atomic mass is 15.2. The van der Waals surface area contributed by atoms with Crippen LogP contribution in [-0.2, 0) is 0 Å². The average Bonchev–Trinajstić information content (AvgIpc) is 2.80. The first-order valence-corrected chi connectivity index (χ1v) is 9.55. The van der Waals surface area contributed by atoms with Crippen LogP contribution >= 0.6 is 0 Å². The second kappa shape index (κ2) is 7.97. The Bertz CT molecular complexity index is 304. The van der Waals surface area contributed by atoms with Crippen molar-refractivity contribution < 1.29 is 0 Å². The smallest absolute Gasteiger partial charge is 0.0113 e. The van der Waals surface area contributed by atoms with Gasteiger partial charge in [0, 0.05) is 24.7 Å². The van der Waals surface area contributed by atoms with Gasteiger partial charge in [0.1, 0.15) is 0 Å². The number of nitrogens with zero attached hydrogens (tertiary/aromatic N) is 1. The van der Waals surface area contributed by atoms with Gasteiger partial charge in [0.05, 0.1) is 0 Å². The Kier molecular flexibility index (Phi) is 6.55. The molecule has 0 aromatic rings. The summed E-state index contributed by atoms with van der Waals surface area (Å²) in [5, 5.41) is 3.88. The van der Waals surface area contributed by atoms with Gasteiger partial charge in [-0.25, -0.2) is 0 Å². The first kappa shape index (κ1) is 17.3. The van der Waals surface area contributed by atoms with Crippen molar-refractivity contribution >= 4 is 0 Å². The molecule has 1 N–H and O–H groups in total. The van der Waals surface area contributed by atoms with Crippen LogP contribution in [0.15, 0.2) is 0 Å². The Balaban J connectivity index is 2.02. The molecule has 2 nitrogen and oxygen atoms in total. The highest BCUT2D eigenvalue weighted by Gasteiger charge is 2.38. The molecule has 1 saturated carbocycles. The second-order valence-corrected chi connectivity index (χ2v) is 7.96. The molecule has 2 aliphatic rings. The van der Waals surface area contributed by atoms with Crippen LogP contribution in [0.25, 0.3) is 0 Å². The van der Waals surface area contributed by atoms with E-state index in [2.05, 4.69) is 44.8 Å². The Labute approximate surface area is 133 Å². The lowest BCUT2D eigenvalue weighted by atomic mass is 9.72. The zero-order valence-corrected chi connectivity index (χ0v) is 15.1. The first-order valence-electron chi connectivity index (χ1n) is 9.55. The maximum absolute atomic E-state index is 3.88. The lowest BCUT2D eigenvalue weighted by molar-refractivity contribution is 0.0790. The molecule has 1 heterocycles. The molecule has 0 bridgehead atoms. The summed E-state index contributed by atoms with van der Waals surface area (Å²) in [5.41, 5.74) is 0. The van der Waals surface area contributed by atoms with Gasteiger partial charge >= 0.3 is 0 Å². The van der Waals surface area contributed by atoms with Crippen LogP contribution in [0.3, 0.4) is 0 Å². The molecule has 6 unspecified atom stereocenters. The minimum atomic E-state index is 0.744. The zero-order chi connectivity index (χ0) is 15.4. The van der Waals surface area contributed by atoms with Gasteiger partial charge in [-0.2, -0.15) is 0 Å². The molecule has 2 fully saturated rings. The first-order chi connectivity index (χ1) is 10.1. The number of hydrogen-bond acceptors (Lipinski definition) is 2. The van der Waals surface area contributed by atoms with E-state index in [0.29, 0.717) is 0 Å². The second-order valence-electron chi connectivity index (χ2n) is 7.96. The normalized spacial score (nSPS) is 41.6. The minimum absolute atomic E-state index is 0.744. The highest BCUT2D eigenvalue weighted by Crippen LogP contribution is 2.37. The molecule has 0 amide bonds. The standard InChI is InChI=1S/C19H38N2/c1-6-10-20-19-12-14(3)11-15(4)18(19)13-21-16(5)8-9-17(21)7-2/h14-20H,6-13H2,1-5H3. The van der Waals surface area contributed by atoms with Crippen molar-refractivity contribution in [2.75, 3.05) is 13.1 Å². The van der Waals surface area contributed by atoms with Gasteiger partial charge in [0.2, 0.25) is 0 Å². The summed E-state index contributed by atoms with van der Waals surface area (Å²) in [6.07, 6.45) is 8.21. The topological polar surface area (TPSA) is 15.3 Å². The molecule has 2 rings (SSSR count). The third-order valence-corrected chi connectivity index (χ3v) is 6.18. The molecule has 0 radical (unpaired) electrons. The van der Waals surface area contributed by atoms with E-state index in [1.807, 2.05) is 0 Å². The predicted octanol–water partition coefficient (Wildman–Crippen LogP) is 4.30. The van der Waals surface area contributed by atoms with E-state index < -0.39 is 0 Å². The van der Waals surface area contributed by atoms with Crippen LogP contribution in [0.2, 0.25) is 0 Å². The Morgan fingerprint density at radius 3 is 2.48 bits per heavy atom. The van der Waals surface area contributed by atoms with Gasteiger partial charge in [-0.15, -0.1) is 0 Å². The number of nitrogens with one attached hydrogen (secondary N) is 1. The van der Waals surface area contributed by atoms with Crippen molar-refractivity contribution in [3.8, 4) is 0 Å². The summed E-state index contributed by atoms with van der Waals surface area (Å²) in [6.45, 7) is 14.6. The molecule has 1 aliphatic carbocycles. The van der Waals surface area contributed by atoms with E-state index in [4.69, 9.17) is 0 Å². The summed E-state index contributed by atoms with van der Waals surface area (Å²) < 4.78 is 0. The predicted molar refractivity (Wildman–Crippen MR) is 92.6 cm³/mol. The molecule has 0 aromatic carbocycles. The quantitative estimate of drug-likeness (QED) is 0.785.